The number of rotatable bonds is 6. The Labute approximate surface area is 133 Å². The lowest BCUT2D eigenvalue weighted by Gasteiger charge is -2.26. The van der Waals surface area contributed by atoms with Crippen molar-refractivity contribution in [2.75, 3.05) is 37.5 Å². The largest absolute Gasteiger partial charge is 0.390 e. The lowest BCUT2D eigenvalue weighted by Crippen LogP contribution is -2.33. The fourth-order valence-corrected chi connectivity index (χ4v) is 2.26. The van der Waals surface area contributed by atoms with Crippen molar-refractivity contribution in [2.45, 2.75) is 13.0 Å². The van der Waals surface area contributed by atoms with Gasteiger partial charge in [0.25, 0.3) is 0 Å². The lowest BCUT2D eigenvalue weighted by molar-refractivity contribution is 0.199. The predicted molar refractivity (Wildman–Crippen MR) is 92.3 cm³/mol. The molecular formula is C18H24N3O. The van der Waals surface area contributed by atoms with Crippen molar-refractivity contribution < 1.29 is 5.11 Å². The molecule has 1 aromatic carbocycles. The van der Waals surface area contributed by atoms with Crippen molar-refractivity contribution in [3.63, 3.8) is 0 Å². The Hall–Kier alpha value is -2.07. The summed E-state index contributed by atoms with van der Waals surface area (Å²) < 4.78 is 0. The Morgan fingerprint density at radius 2 is 1.73 bits per heavy atom. The van der Waals surface area contributed by atoms with Crippen LogP contribution in [0.2, 0.25) is 0 Å². The topological polar surface area (TPSA) is 39.6 Å². The first kappa shape index (κ1) is 16.3. The maximum atomic E-state index is 10.5. The van der Waals surface area contributed by atoms with Crippen LogP contribution in [0.5, 0.6) is 0 Å². The van der Waals surface area contributed by atoms with E-state index in [1.165, 1.54) is 0 Å². The van der Waals surface area contributed by atoms with Crippen LogP contribution in [0.3, 0.4) is 0 Å². The third-order valence-electron chi connectivity index (χ3n) is 3.84. The summed E-state index contributed by atoms with van der Waals surface area (Å²) in [6.45, 7) is 2.50. The summed E-state index contributed by atoms with van der Waals surface area (Å²) in [4.78, 5) is 8.31. The number of anilines is 2. The van der Waals surface area contributed by atoms with Gasteiger partial charge in [0.2, 0.25) is 0 Å². The van der Waals surface area contributed by atoms with E-state index >= 15 is 0 Å². The summed E-state index contributed by atoms with van der Waals surface area (Å²) in [5.41, 5.74) is 3.11. The first-order valence-corrected chi connectivity index (χ1v) is 7.39. The summed E-state index contributed by atoms with van der Waals surface area (Å²) >= 11 is 0. The standard InChI is InChI=1S/C18H24N3O/c1-14(15-8-6-5-7-9-15)18(22)13-21(4)17-10-16(20(2)3)11-19-12-17/h5-12,18,22H,13H2,1-4H3/t18-/m0/s1. The van der Waals surface area contributed by atoms with Gasteiger partial charge in [0.15, 0.2) is 0 Å². The zero-order valence-electron chi connectivity index (χ0n) is 13.7. The van der Waals surface area contributed by atoms with Crippen LogP contribution < -0.4 is 9.80 Å². The van der Waals surface area contributed by atoms with Crippen molar-refractivity contribution in [1.82, 2.24) is 4.98 Å². The van der Waals surface area contributed by atoms with E-state index in [1.54, 1.807) is 0 Å². The molecule has 0 unspecified atom stereocenters. The van der Waals surface area contributed by atoms with E-state index in [0.29, 0.717) is 6.54 Å². The van der Waals surface area contributed by atoms with Gasteiger partial charge in [0, 0.05) is 33.6 Å². The van der Waals surface area contributed by atoms with Gasteiger partial charge in [-0.15, -0.1) is 0 Å². The summed E-state index contributed by atoms with van der Waals surface area (Å²) in [6, 6.07) is 12.1. The van der Waals surface area contributed by atoms with E-state index in [9.17, 15) is 5.11 Å². The lowest BCUT2D eigenvalue weighted by atomic mass is 9.95. The van der Waals surface area contributed by atoms with E-state index in [1.807, 2.05) is 80.6 Å². The van der Waals surface area contributed by atoms with Gasteiger partial charge in [-0.2, -0.15) is 0 Å². The molecular weight excluding hydrogens is 274 g/mol. The second-order valence-electron chi connectivity index (χ2n) is 5.74. The van der Waals surface area contributed by atoms with Crippen LogP contribution in [-0.2, 0) is 0 Å². The number of nitrogens with zero attached hydrogens (tertiary/aromatic N) is 3. The van der Waals surface area contributed by atoms with Crippen LogP contribution in [0.1, 0.15) is 12.5 Å². The number of aliphatic hydroxyl groups excluding tert-OH is 1. The quantitative estimate of drug-likeness (QED) is 0.890. The number of aliphatic hydroxyl groups is 1. The van der Waals surface area contributed by atoms with E-state index < -0.39 is 6.10 Å². The van der Waals surface area contributed by atoms with Gasteiger partial charge in [-0.05, 0) is 11.6 Å². The van der Waals surface area contributed by atoms with Crippen LogP contribution in [0.25, 0.3) is 0 Å². The van der Waals surface area contributed by atoms with Crippen molar-refractivity contribution >= 4 is 11.4 Å². The van der Waals surface area contributed by atoms with Crippen molar-refractivity contribution in [3.05, 3.63) is 60.3 Å². The number of pyridine rings is 1. The highest BCUT2D eigenvalue weighted by Gasteiger charge is 2.19. The summed E-state index contributed by atoms with van der Waals surface area (Å²) in [6.07, 6.45) is 3.13. The number of hydrogen-bond donors (Lipinski definition) is 1. The van der Waals surface area contributed by atoms with Crippen LogP contribution in [0, 0.1) is 5.92 Å². The third kappa shape index (κ3) is 3.98. The second kappa shape index (κ2) is 7.27. The van der Waals surface area contributed by atoms with E-state index in [2.05, 4.69) is 11.1 Å². The predicted octanol–water partition coefficient (Wildman–Crippen LogP) is 2.59. The van der Waals surface area contributed by atoms with Gasteiger partial charge in [-0.1, -0.05) is 37.3 Å². The minimum absolute atomic E-state index is 0.518. The molecule has 0 aliphatic rings. The Balaban J connectivity index is 2.05. The molecule has 2 aromatic rings. The fourth-order valence-electron chi connectivity index (χ4n) is 2.26. The molecule has 0 fully saturated rings. The van der Waals surface area contributed by atoms with E-state index in [0.717, 1.165) is 22.9 Å². The van der Waals surface area contributed by atoms with Gasteiger partial charge in [0.1, 0.15) is 0 Å². The van der Waals surface area contributed by atoms with E-state index in [4.69, 9.17) is 0 Å². The second-order valence-corrected chi connectivity index (χ2v) is 5.74. The molecule has 0 saturated carbocycles. The molecule has 0 bridgehead atoms. The molecule has 0 amide bonds. The summed E-state index contributed by atoms with van der Waals surface area (Å²) in [5.74, 6) is 0.976. The van der Waals surface area contributed by atoms with Crippen LogP contribution in [-0.4, -0.2) is 43.9 Å². The van der Waals surface area contributed by atoms with Crippen LogP contribution in [0.15, 0.2) is 48.8 Å². The highest BCUT2D eigenvalue weighted by atomic mass is 16.3. The molecule has 0 saturated heterocycles. The Morgan fingerprint density at radius 1 is 1.09 bits per heavy atom. The highest BCUT2D eigenvalue weighted by Crippen LogP contribution is 2.22. The Bertz CT molecular complexity index is 586. The molecule has 0 spiro atoms. The maximum absolute atomic E-state index is 10.5. The molecule has 4 nitrogen and oxygen atoms in total. The summed E-state index contributed by atoms with van der Waals surface area (Å²) in [5, 5.41) is 10.5. The van der Waals surface area contributed by atoms with Gasteiger partial charge >= 0.3 is 0 Å². The molecule has 0 aliphatic heterocycles. The first-order valence-electron chi connectivity index (χ1n) is 7.39. The molecule has 1 aromatic heterocycles. The molecule has 22 heavy (non-hydrogen) atoms. The molecule has 1 heterocycles. The Kier molecular flexibility index (Phi) is 5.39. The monoisotopic (exact) mass is 298 g/mol. The number of aromatic nitrogens is 1. The minimum Gasteiger partial charge on any atom is -0.390 e. The fraction of sp³-hybridized carbons (Fsp3) is 0.333. The van der Waals surface area contributed by atoms with Gasteiger partial charge in [0.05, 0.1) is 29.9 Å². The average Bonchev–Trinajstić information content (AvgIpc) is 2.54. The third-order valence-corrected chi connectivity index (χ3v) is 3.84. The summed E-state index contributed by atoms with van der Waals surface area (Å²) in [7, 11) is 5.95. The van der Waals surface area contributed by atoms with Crippen molar-refractivity contribution in [2.24, 2.45) is 0 Å². The molecule has 117 valence electrons. The Morgan fingerprint density at radius 3 is 2.36 bits per heavy atom. The number of hydrogen-bond acceptors (Lipinski definition) is 4. The maximum Gasteiger partial charge on any atom is 0.0818 e. The molecule has 1 atom stereocenters. The van der Waals surface area contributed by atoms with E-state index in [-0.39, 0.29) is 0 Å². The number of benzene rings is 1. The van der Waals surface area contributed by atoms with Gasteiger partial charge in [-0.3, -0.25) is 4.98 Å². The van der Waals surface area contributed by atoms with Crippen molar-refractivity contribution in [3.8, 4) is 0 Å². The van der Waals surface area contributed by atoms with Gasteiger partial charge in [-0.25, -0.2) is 0 Å². The zero-order chi connectivity index (χ0) is 16.1. The zero-order valence-corrected chi connectivity index (χ0v) is 13.7. The smallest absolute Gasteiger partial charge is 0.0818 e. The SMILES string of the molecule is C[C](c1ccccc1)[C@@H](O)CN(C)c1cncc(N(C)C)c1. The molecule has 2 rings (SSSR count). The van der Waals surface area contributed by atoms with Gasteiger partial charge < -0.3 is 14.9 Å². The number of likely N-dealkylation sites (N-methyl/N-ethyl adjacent to an activating group) is 1. The van der Waals surface area contributed by atoms with Crippen molar-refractivity contribution in [1.29, 1.82) is 0 Å². The average molecular weight is 298 g/mol. The highest BCUT2D eigenvalue weighted by molar-refractivity contribution is 5.56. The first-order chi connectivity index (χ1) is 10.5. The normalized spacial score (nSPS) is 12.3. The minimum atomic E-state index is -0.518. The molecule has 1 N–H and O–H groups in total. The van der Waals surface area contributed by atoms with Crippen LogP contribution in [0.4, 0.5) is 11.4 Å². The molecule has 1 radical (unpaired) electrons. The molecule has 0 aliphatic carbocycles. The van der Waals surface area contributed by atoms with Crippen LogP contribution >= 0.6 is 0 Å². The molecule has 4 heteroatoms.